The monoisotopic (exact) mass is 240 g/mol. The van der Waals surface area contributed by atoms with E-state index in [0.29, 0.717) is 18.7 Å². The molecule has 0 aromatic carbocycles. The molecule has 0 spiro atoms. The highest BCUT2D eigenvalue weighted by atomic mass is 16.3. The van der Waals surface area contributed by atoms with Crippen LogP contribution in [-0.4, -0.2) is 47.8 Å². The van der Waals surface area contributed by atoms with Crippen molar-refractivity contribution in [3.05, 3.63) is 0 Å². The normalized spacial score (nSPS) is 33.5. The highest BCUT2D eigenvalue weighted by Crippen LogP contribution is 2.24. The Bertz CT molecular complexity index is 216. The maximum atomic E-state index is 9.13. The molecule has 2 fully saturated rings. The summed E-state index contributed by atoms with van der Waals surface area (Å²) >= 11 is 0. The summed E-state index contributed by atoms with van der Waals surface area (Å²) in [6.07, 6.45) is 9.18. The van der Waals surface area contributed by atoms with Gasteiger partial charge in [-0.25, -0.2) is 0 Å². The van der Waals surface area contributed by atoms with Gasteiger partial charge in [-0.05, 0) is 39.2 Å². The molecule has 100 valence electrons. The van der Waals surface area contributed by atoms with Gasteiger partial charge < -0.3 is 10.4 Å². The van der Waals surface area contributed by atoms with Crippen molar-refractivity contribution in [3.8, 4) is 0 Å². The average Bonchev–Trinajstić information content (AvgIpc) is 2.53. The Kier molecular flexibility index (Phi) is 5.26. The van der Waals surface area contributed by atoms with Crippen LogP contribution in [0.2, 0.25) is 0 Å². The molecule has 2 rings (SSSR count). The lowest BCUT2D eigenvalue weighted by Gasteiger charge is -2.34. The zero-order chi connectivity index (χ0) is 12.1. The van der Waals surface area contributed by atoms with Crippen LogP contribution in [0.25, 0.3) is 0 Å². The third-order valence-corrected chi connectivity index (χ3v) is 4.39. The molecule has 0 radical (unpaired) electrons. The van der Waals surface area contributed by atoms with Gasteiger partial charge in [0.05, 0.1) is 0 Å². The number of aliphatic hydroxyl groups excluding tert-OH is 1. The van der Waals surface area contributed by atoms with Gasteiger partial charge in [-0.15, -0.1) is 0 Å². The van der Waals surface area contributed by atoms with E-state index in [1.54, 1.807) is 0 Å². The molecule has 0 aromatic rings. The van der Waals surface area contributed by atoms with Crippen LogP contribution in [0.3, 0.4) is 0 Å². The Labute approximate surface area is 106 Å². The van der Waals surface area contributed by atoms with Gasteiger partial charge in [0, 0.05) is 31.3 Å². The maximum absolute atomic E-state index is 9.13. The lowest BCUT2D eigenvalue weighted by atomic mass is 9.93. The van der Waals surface area contributed by atoms with Crippen molar-refractivity contribution < 1.29 is 5.11 Å². The maximum Gasteiger partial charge on any atom is 0.0446 e. The smallest absolute Gasteiger partial charge is 0.0446 e. The Balaban J connectivity index is 1.91. The van der Waals surface area contributed by atoms with Crippen LogP contribution in [-0.2, 0) is 0 Å². The Morgan fingerprint density at radius 2 is 1.94 bits per heavy atom. The first-order valence-corrected chi connectivity index (χ1v) is 7.40. The van der Waals surface area contributed by atoms with Gasteiger partial charge in [0.1, 0.15) is 0 Å². The molecule has 1 aliphatic heterocycles. The minimum absolute atomic E-state index is 0.308. The van der Waals surface area contributed by atoms with Crippen LogP contribution in [0.1, 0.15) is 51.9 Å². The molecule has 2 unspecified atom stereocenters. The highest BCUT2D eigenvalue weighted by Gasteiger charge is 2.26. The lowest BCUT2D eigenvalue weighted by molar-refractivity contribution is 0.146. The number of hydrogen-bond acceptors (Lipinski definition) is 3. The van der Waals surface area contributed by atoms with Gasteiger partial charge in [-0.1, -0.05) is 19.3 Å². The quantitative estimate of drug-likeness (QED) is 0.789. The summed E-state index contributed by atoms with van der Waals surface area (Å²) in [5.41, 5.74) is 0. The fraction of sp³-hybridized carbons (Fsp3) is 1.00. The molecule has 0 aromatic heterocycles. The van der Waals surface area contributed by atoms with E-state index >= 15 is 0 Å². The number of aliphatic hydroxyl groups is 1. The fourth-order valence-corrected chi connectivity index (χ4v) is 3.38. The molecule has 2 aliphatic rings. The molecule has 1 aliphatic carbocycles. The van der Waals surface area contributed by atoms with Gasteiger partial charge in [0.2, 0.25) is 0 Å². The Morgan fingerprint density at radius 1 is 1.18 bits per heavy atom. The second-order valence-corrected chi connectivity index (χ2v) is 5.85. The van der Waals surface area contributed by atoms with E-state index in [2.05, 4.69) is 17.1 Å². The first kappa shape index (κ1) is 13.3. The largest absolute Gasteiger partial charge is 0.396 e. The van der Waals surface area contributed by atoms with Crippen molar-refractivity contribution >= 4 is 0 Å². The summed E-state index contributed by atoms with van der Waals surface area (Å²) in [6.45, 7) is 4.95. The van der Waals surface area contributed by atoms with E-state index in [1.165, 1.54) is 45.1 Å². The summed E-state index contributed by atoms with van der Waals surface area (Å²) in [5.74, 6) is 0. The van der Waals surface area contributed by atoms with E-state index < -0.39 is 0 Å². The Morgan fingerprint density at radius 3 is 2.65 bits per heavy atom. The minimum Gasteiger partial charge on any atom is -0.396 e. The van der Waals surface area contributed by atoms with Crippen molar-refractivity contribution in [3.63, 3.8) is 0 Å². The summed E-state index contributed by atoms with van der Waals surface area (Å²) in [6, 6.07) is 1.90. The number of rotatable bonds is 3. The molecule has 3 heteroatoms. The molecule has 1 heterocycles. The standard InChI is InChI=1S/C14H28N2O/c1-12-7-9-16(11-13(15-12)8-10-17)14-5-3-2-4-6-14/h12-15,17H,2-11H2,1H3. The Hall–Kier alpha value is -0.120. The molecular formula is C14H28N2O. The van der Waals surface area contributed by atoms with Crippen molar-refractivity contribution in [2.24, 2.45) is 0 Å². The van der Waals surface area contributed by atoms with Crippen molar-refractivity contribution in [2.75, 3.05) is 19.7 Å². The third kappa shape index (κ3) is 3.94. The first-order valence-electron chi connectivity index (χ1n) is 7.40. The van der Waals surface area contributed by atoms with Crippen LogP contribution in [0.15, 0.2) is 0 Å². The predicted octanol–water partition coefficient (Wildman–Crippen LogP) is 1.75. The van der Waals surface area contributed by atoms with Crippen LogP contribution in [0.5, 0.6) is 0 Å². The van der Waals surface area contributed by atoms with Crippen LogP contribution in [0.4, 0.5) is 0 Å². The predicted molar refractivity (Wildman–Crippen MR) is 71.2 cm³/mol. The summed E-state index contributed by atoms with van der Waals surface area (Å²) in [4.78, 5) is 2.69. The highest BCUT2D eigenvalue weighted by molar-refractivity contribution is 4.85. The second kappa shape index (κ2) is 6.72. The first-order chi connectivity index (χ1) is 8.29. The zero-order valence-electron chi connectivity index (χ0n) is 11.2. The van der Waals surface area contributed by atoms with Crippen LogP contribution < -0.4 is 5.32 Å². The second-order valence-electron chi connectivity index (χ2n) is 5.85. The van der Waals surface area contributed by atoms with Gasteiger partial charge in [0.25, 0.3) is 0 Å². The van der Waals surface area contributed by atoms with Crippen LogP contribution >= 0.6 is 0 Å². The molecule has 0 bridgehead atoms. The molecule has 1 saturated heterocycles. The van der Waals surface area contributed by atoms with E-state index in [4.69, 9.17) is 5.11 Å². The summed E-state index contributed by atoms with van der Waals surface area (Å²) < 4.78 is 0. The van der Waals surface area contributed by atoms with E-state index in [0.717, 1.165) is 19.0 Å². The van der Waals surface area contributed by atoms with E-state index in [1.807, 2.05) is 0 Å². The lowest BCUT2D eigenvalue weighted by Crippen LogP contribution is -2.44. The zero-order valence-corrected chi connectivity index (χ0v) is 11.2. The summed E-state index contributed by atoms with van der Waals surface area (Å²) in [5, 5.41) is 12.8. The SMILES string of the molecule is CC1CCN(C2CCCCC2)CC(CCO)N1. The van der Waals surface area contributed by atoms with Crippen molar-refractivity contribution in [1.82, 2.24) is 10.2 Å². The van der Waals surface area contributed by atoms with Crippen molar-refractivity contribution in [1.29, 1.82) is 0 Å². The van der Waals surface area contributed by atoms with Gasteiger partial charge in [-0.3, -0.25) is 4.90 Å². The third-order valence-electron chi connectivity index (χ3n) is 4.39. The van der Waals surface area contributed by atoms with Gasteiger partial charge in [0.15, 0.2) is 0 Å². The number of nitrogens with zero attached hydrogens (tertiary/aromatic N) is 1. The van der Waals surface area contributed by atoms with E-state index in [9.17, 15) is 0 Å². The average molecular weight is 240 g/mol. The molecule has 2 atom stereocenters. The number of nitrogens with one attached hydrogen (secondary N) is 1. The molecule has 17 heavy (non-hydrogen) atoms. The molecule has 0 amide bonds. The minimum atomic E-state index is 0.308. The molecule has 2 N–H and O–H groups in total. The number of hydrogen-bond donors (Lipinski definition) is 2. The molecule has 1 saturated carbocycles. The van der Waals surface area contributed by atoms with Gasteiger partial charge >= 0.3 is 0 Å². The fourth-order valence-electron chi connectivity index (χ4n) is 3.38. The molecular weight excluding hydrogens is 212 g/mol. The molecule has 3 nitrogen and oxygen atoms in total. The topological polar surface area (TPSA) is 35.5 Å². The summed E-state index contributed by atoms with van der Waals surface area (Å²) in [7, 11) is 0. The van der Waals surface area contributed by atoms with Crippen molar-refractivity contribution in [2.45, 2.75) is 70.0 Å². The van der Waals surface area contributed by atoms with Crippen LogP contribution in [0, 0.1) is 0 Å². The van der Waals surface area contributed by atoms with E-state index in [-0.39, 0.29) is 0 Å². The van der Waals surface area contributed by atoms with Gasteiger partial charge in [-0.2, -0.15) is 0 Å².